The fraction of sp³-hybridized carbons (Fsp3) is 0.318. The molecule has 12 heteroatoms. The molecule has 2 N–H and O–H groups in total. The second-order valence-corrected chi connectivity index (χ2v) is 10.1. The van der Waals surface area contributed by atoms with Gasteiger partial charge in [0.1, 0.15) is 0 Å². The Kier molecular flexibility index (Phi) is 7.82. The quantitative estimate of drug-likeness (QED) is 0.616. The minimum absolute atomic E-state index is 0.0909. The van der Waals surface area contributed by atoms with E-state index in [9.17, 15) is 31.6 Å². The van der Waals surface area contributed by atoms with Crippen LogP contribution in [-0.2, 0) is 21.2 Å². The van der Waals surface area contributed by atoms with Gasteiger partial charge in [0.15, 0.2) is 9.84 Å². The highest BCUT2D eigenvalue weighted by Crippen LogP contribution is 2.21. The average Bonchev–Trinajstić information content (AvgIpc) is 2.81. The molecule has 3 rings (SSSR count). The van der Waals surface area contributed by atoms with Gasteiger partial charge in [-0.1, -0.05) is 29.8 Å². The van der Waals surface area contributed by atoms with Crippen molar-refractivity contribution in [3.8, 4) is 0 Å². The van der Waals surface area contributed by atoms with Crippen molar-refractivity contribution >= 4 is 33.4 Å². The predicted molar refractivity (Wildman–Crippen MR) is 121 cm³/mol. The van der Waals surface area contributed by atoms with E-state index >= 15 is 0 Å². The standard InChI is InChI=1S/C22H24F2N4O5S/c1-15-2-8-18(9-3-15)28(22(31)27-10-12-34(32,33)13-11-27)14-16-4-6-17(7-5-16)20(29)25-26-21(30)19(23)24/h2-9,19H,10-14H2,1H3,(H,25,29)(H,26,30). The molecule has 2 aromatic rings. The summed E-state index contributed by atoms with van der Waals surface area (Å²) >= 11 is 0. The summed E-state index contributed by atoms with van der Waals surface area (Å²) in [6, 6.07) is 13.0. The van der Waals surface area contributed by atoms with Gasteiger partial charge in [0, 0.05) is 24.3 Å². The van der Waals surface area contributed by atoms with E-state index in [1.807, 2.05) is 24.5 Å². The van der Waals surface area contributed by atoms with Crippen molar-refractivity contribution in [2.75, 3.05) is 29.5 Å². The van der Waals surface area contributed by atoms with E-state index in [4.69, 9.17) is 0 Å². The molecule has 1 heterocycles. The molecular formula is C22H24F2N4O5S. The molecule has 1 saturated heterocycles. The van der Waals surface area contributed by atoms with Gasteiger partial charge in [-0.3, -0.25) is 25.3 Å². The first-order chi connectivity index (χ1) is 16.1. The Bertz CT molecular complexity index is 1140. The van der Waals surface area contributed by atoms with Crippen molar-refractivity contribution in [1.82, 2.24) is 15.8 Å². The number of carbonyl (C=O) groups excluding carboxylic acids is 3. The van der Waals surface area contributed by atoms with E-state index in [0.717, 1.165) is 5.56 Å². The highest BCUT2D eigenvalue weighted by molar-refractivity contribution is 7.91. The molecular weight excluding hydrogens is 470 g/mol. The maximum Gasteiger partial charge on any atom is 0.324 e. The van der Waals surface area contributed by atoms with Gasteiger partial charge in [0.25, 0.3) is 5.91 Å². The topological polar surface area (TPSA) is 116 Å². The lowest BCUT2D eigenvalue weighted by atomic mass is 10.1. The molecule has 182 valence electrons. The Morgan fingerprint density at radius 3 is 2.12 bits per heavy atom. The maximum atomic E-state index is 13.3. The number of sulfone groups is 1. The first-order valence-electron chi connectivity index (χ1n) is 10.4. The number of rotatable bonds is 5. The van der Waals surface area contributed by atoms with Crippen LogP contribution in [0.25, 0.3) is 0 Å². The van der Waals surface area contributed by atoms with Crippen LogP contribution in [0.1, 0.15) is 21.5 Å². The molecule has 4 amide bonds. The molecule has 0 bridgehead atoms. The SMILES string of the molecule is Cc1ccc(N(Cc2ccc(C(=O)NNC(=O)C(F)F)cc2)C(=O)N2CCS(=O)(=O)CC2)cc1. The van der Waals surface area contributed by atoms with Crippen LogP contribution in [-0.4, -0.2) is 62.2 Å². The molecule has 0 radical (unpaired) electrons. The van der Waals surface area contributed by atoms with E-state index in [2.05, 4.69) is 0 Å². The summed E-state index contributed by atoms with van der Waals surface area (Å²) in [5, 5.41) is 0. The number of amides is 4. The minimum atomic E-state index is -3.26. The lowest BCUT2D eigenvalue weighted by Crippen LogP contribution is -2.49. The van der Waals surface area contributed by atoms with Gasteiger partial charge >= 0.3 is 18.4 Å². The fourth-order valence-electron chi connectivity index (χ4n) is 3.26. The largest absolute Gasteiger partial charge is 0.324 e. The van der Waals surface area contributed by atoms with Crippen molar-refractivity contribution in [3.05, 3.63) is 65.2 Å². The van der Waals surface area contributed by atoms with Crippen molar-refractivity contribution in [1.29, 1.82) is 0 Å². The van der Waals surface area contributed by atoms with Crippen LogP contribution in [0.3, 0.4) is 0 Å². The summed E-state index contributed by atoms with van der Waals surface area (Å²) in [5.74, 6) is -2.58. The van der Waals surface area contributed by atoms with E-state index in [-0.39, 0.29) is 42.7 Å². The third kappa shape index (κ3) is 6.50. The molecule has 0 spiro atoms. The van der Waals surface area contributed by atoms with Crippen LogP contribution in [0.2, 0.25) is 0 Å². The number of anilines is 1. The summed E-state index contributed by atoms with van der Waals surface area (Å²) in [5.41, 5.74) is 5.95. The number of halogens is 2. The third-order valence-corrected chi connectivity index (χ3v) is 6.85. The Labute approximate surface area is 195 Å². The number of nitrogens with one attached hydrogen (secondary N) is 2. The summed E-state index contributed by atoms with van der Waals surface area (Å²) in [7, 11) is -3.15. The van der Waals surface area contributed by atoms with Crippen LogP contribution in [0.15, 0.2) is 48.5 Å². The van der Waals surface area contributed by atoms with Crippen LogP contribution in [0.4, 0.5) is 19.3 Å². The summed E-state index contributed by atoms with van der Waals surface area (Å²) in [6.07, 6.45) is -3.26. The zero-order valence-corrected chi connectivity index (χ0v) is 19.1. The van der Waals surface area contributed by atoms with Gasteiger partial charge in [-0.05, 0) is 36.8 Å². The number of aryl methyl sites for hydroxylation is 1. The molecule has 1 fully saturated rings. The number of benzene rings is 2. The van der Waals surface area contributed by atoms with E-state index in [1.54, 1.807) is 29.7 Å². The van der Waals surface area contributed by atoms with Crippen molar-refractivity contribution in [3.63, 3.8) is 0 Å². The molecule has 0 saturated carbocycles. The molecule has 0 aliphatic carbocycles. The van der Waals surface area contributed by atoms with Crippen molar-refractivity contribution in [2.24, 2.45) is 0 Å². The highest BCUT2D eigenvalue weighted by Gasteiger charge is 2.29. The zero-order chi connectivity index (χ0) is 24.9. The van der Waals surface area contributed by atoms with Crippen LogP contribution in [0.5, 0.6) is 0 Å². The molecule has 2 aromatic carbocycles. The van der Waals surface area contributed by atoms with Crippen molar-refractivity contribution < 1.29 is 31.6 Å². The maximum absolute atomic E-state index is 13.3. The molecule has 0 unspecified atom stereocenters. The first-order valence-corrected chi connectivity index (χ1v) is 12.2. The molecule has 1 aliphatic rings. The van der Waals surface area contributed by atoms with Gasteiger partial charge in [-0.15, -0.1) is 0 Å². The highest BCUT2D eigenvalue weighted by atomic mass is 32.2. The van der Waals surface area contributed by atoms with Crippen LogP contribution in [0, 0.1) is 6.92 Å². The van der Waals surface area contributed by atoms with E-state index < -0.39 is 28.1 Å². The molecule has 34 heavy (non-hydrogen) atoms. The lowest BCUT2D eigenvalue weighted by molar-refractivity contribution is -0.132. The Hall–Kier alpha value is -3.54. The summed E-state index contributed by atoms with van der Waals surface area (Å²) < 4.78 is 47.9. The number of hydrogen-bond donors (Lipinski definition) is 2. The molecule has 9 nitrogen and oxygen atoms in total. The Morgan fingerprint density at radius 2 is 1.56 bits per heavy atom. The first kappa shape index (κ1) is 25.1. The second-order valence-electron chi connectivity index (χ2n) is 7.78. The molecule has 0 atom stereocenters. The lowest BCUT2D eigenvalue weighted by Gasteiger charge is -2.33. The number of carbonyl (C=O) groups is 3. The monoisotopic (exact) mass is 494 g/mol. The average molecular weight is 495 g/mol. The summed E-state index contributed by atoms with van der Waals surface area (Å²) in [6.45, 7) is 2.27. The molecule has 0 aromatic heterocycles. The van der Waals surface area contributed by atoms with Crippen LogP contribution >= 0.6 is 0 Å². The number of hydrazine groups is 1. The number of hydrogen-bond acceptors (Lipinski definition) is 5. The number of nitrogens with zero attached hydrogens (tertiary/aromatic N) is 2. The van der Waals surface area contributed by atoms with E-state index in [0.29, 0.717) is 11.3 Å². The van der Waals surface area contributed by atoms with Gasteiger partial charge < -0.3 is 4.90 Å². The fourth-order valence-corrected chi connectivity index (χ4v) is 4.46. The van der Waals surface area contributed by atoms with Gasteiger partial charge in [-0.25, -0.2) is 13.2 Å². The second kappa shape index (κ2) is 10.6. The van der Waals surface area contributed by atoms with E-state index in [1.165, 1.54) is 21.9 Å². The normalized spacial score (nSPS) is 15.0. The summed E-state index contributed by atoms with van der Waals surface area (Å²) in [4.78, 5) is 39.2. The van der Waals surface area contributed by atoms with Gasteiger partial charge in [-0.2, -0.15) is 8.78 Å². The van der Waals surface area contributed by atoms with Crippen LogP contribution < -0.4 is 15.8 Å². The number of alkyl halides is 2. The smallest absolute Gasteiger partial charge is 0.322 e. The predicted octanol–water partition coefficient (Wildman–Crippen LogP) is 1.88. The van der Waals surface area contributed by atoms with Crippen molar-refractivity contribution in [2.45, 2.75) is 19.9 Å². The van der Waals surface area contributed by atoms with Gasteiger partial charge in [0.2, 0.25) is 0 Å². The third-order valence-electron chi connectivity index (χ3n) is 5.25. The zero-order valence-electron chi connectivity index (χ0n) is 18.3. The minimum Gasteiger partial charge on any atom is -0.322 e. The van der Waals surface area contributed by atoms with Gasteiger partial charge in [0.05, 0.1) is 18.1 Å². The molecule has 1 aliphatic heterocycles. The Balaban J connectivity index is 1.74. The Morgan fingerprint density at radius 1 is 0.971 bits per heavy atom. The number of urea groups is 1.